The number of nitrogens with two attached hydrogens (primary N) is 1. The first-order valence-corrected chi connectivity index (χ1v) is 5.38. The van der Waals surface area contributed by atoms with Crippen LogP contribution in [0.1, 0.15) is 18.1 Å². The van der Waals surface area contributed by atoms with Crippen molar-refractivity contribution >= 4 is 0 Å². The molecule has 1 aromatic rings. The lowest BCUT2D eigenvalue weighted by Crippen LogP contribution is -2.32. The molecule has 2 atom stereocenters. The normalized spacial score (nSPS) is 15.1. The van der Waals surface area contributed by atoms with Gasteiger partial charge in [0.25, 0.3) is 0 Å². The fourth-order valence-electron chi connectivity index (χ4n) is 1.53. The number of aliphatic hydroxyl groups excluding tert-OH is 1. The van der Waals surface area contributed by atoms with Crippen molar-refractivity contribution in [3.05, 3.63) is 29.8 Å². The Labute approximate surface area is 96.3 Å². The second-order valence-corrected chi connectivity index (χ2v) is 4.26. The first kappa shape index (κ1) is 13.0. The Morgan fingerprint density at radius 1 is 1.31 bits per heavy atom. The number of aliphatic hydroxyl groups is 1. The van der Waals surface area contributed by atoms with Crippen molar-refractivity contribution in [1.29, 1.82) is 0 Å². The third kappa shape index (κ3) is 3.48. The number of para-hydroxylation sites is 1. The van der Waals surface area contributed by atoms with Crippen LogP contribution in [0.4, 0.5) is 0 Å². The molecule has 0 aliphatic rings. The minimum atomic E-state index is -0.818. The Bertz CT molecular complexity index is 329. The molecule has 4 N–H and O–H groups in total. The van der Waals surface area contributed by atoms with E-state index in [0.717, 1.165) is 6.54 Å². The topological polar surface area (TPSA) is 69.7 Å². The molecular weight excluding hydrogens is 204 g/mol. The zero-order valence-corrected chi connectivity index (χ0v) is 9.80. The molecule has 0 amide bonds. The molecule has 2 unspecified atom stereocenters. The highest BCUT2D eigenvalue weighted by Gasteiger charge is 2.19. The molecule has 0 spiro atoms. The van der Waals surface area contributed by atoms with E-state index in [4.69, 9.17) is 5.73 Å². The van der Waals surface area contributed by atoms with E-state index in [1.807, 2.05) is 19.0 Å². The predicted molar refractivity (Wildman–Crippen MR) is 64.2 cm³/mol. The summed E-state index contributed by atoms with van der Waals surface area (Å²) in [5.74, 6) is 0.0929. The average Bonchev–Trinajstić information content (AvgIpc) is 2.25. The Kier molecular flexibility index (Phi) is 4.73. The summed E-state index contributed by atoms with van der Waals surface area (Å²) in [5, 5.41) is 19.6. The van der Waals surface area contributed by atoms with Gasteiger partial charge in [0.1, 0.15) is 5.75 Å². The van der Waals surface area contributed by atoms with Gasteiger partial charge in [0.2, 0.25) is 0 Å². The average molecular weight is 224 g/mol. The number of nitrogens with zero attached hydrogens (tertiary/aromatic N) is 1. The van der Waals surface area contributed by atoms with E-state index in [2.05, 4.69) is 0 Å². The molecule has 16 heavy (non-hydrogen) atoms. The van der Waals surface area contributed by atoms with Gasteiger partial charge in [0.15, 0.2) is 0 Å². The Morgan fingerprint density at radius 3 is 2.50 bits per heavy atom. The fourth-order valence-corrected chi connectivity index (χ4v) is 1.53. The highest BCUT2D eigenvalue weighted by Crippen LogP contribution is 2.26. The monoisotopic (exact) mass is 224 g/mol. The summed E-state index contributed by atoms with van der Waals surface area (Å²) in [7, 11) is 3.91. The molecule has 1 rings (SSSR count). The van der Waals surface area contributed by atoms with Crippen LogP contribution in [0.25, 0.3) is 0 Å². The zero-order chi connectivity index (χ0) is 12.1. The van der Waals surface area contributed by atoms with Gasteiger partial charge in [-0.3, -0.25) is 0 Å². The number of hydrogen-bond donors (Lipinski definition) is 3. The summed E-state index contributed by atoms with van der Waals surface area (Å²) in [6, 6.07) is 6.37. The third-order valence-electron chi connectivity index (χ3n) is 2.57. The molecule has 1 aromatic carbocycles. The molecule has 0 heterocycles. The lowest BCUT2D eigenvalue weighted by Gasteiger charge is -2.21. The second-order valence-electron chi connectivity index (χ2n) is 4.26. The summed E-state index contributed by atoms with van der Waals surface area (Å²) in [6.07, 6.45) is -0.135. The van der Waals surface area contributed by atoms with Gasteiger partial charge in [-0.15, -0.1) is 0 Å². The molecule has 4 nitrogen and oxygen atoms in total. The van der Waals surface area contributed by atoms with Crippen LogP contribution in [0.3, 0.4) is 0 Å². The quantitative estimate of drug-likeness (QED) is 0.689. The zero-order valence-electron chi connectivity index (χ0n) is 9.80. The first-order valence-electron chi connectivity index (χ1n) is 5.38. The van der Waals surface area contributed by atoms with E-state index in [1.54, 1.807) is 24.3 Å². The summed E-state index contributed by atoms with van der Waals surface area (Å²) in [6.45, 7) is 0.811. The van der Waals surface area contributed by atoms with Crippen molar-refractivity contribution < 1.29 is 10.2 Å². The van der Waals surface area contributed by atoms with Crippen molar-refractivity contribution in [3.8, 4) is 5.75 Å². The smallest absolute Gasteiger partial charge is 0.121 e. The van der Waals surface area contributed by atoms with Crippen LogP contribution in [0.2, 0.25) is 0 Å². The van der Waals surface area contributed by atoms with Gasteiger partial charge in [0.05, 0.1) is 6.10 Å². The van der Waals surface area contributed by atoms with E-state index in [9.17, 15) is 10.2 Å². The van der Waals surface area contributed by atoms with Crippen LogP contribution in [-0.2, 0) is 0 Å². The third-order valence-corrected chi connectivity index (χ3v) is 2.57. The van der Waals surface area contributed by atoms with Crippen molar-refractivity contribution in [2.75, 3.05) is 20.6 Å². The Morgan fingerprint density at radius 2 is 1.94 bits per heavy atom. The maximum Gasteiger partial charge on any atom is 0.121 e. The number of phenols is 1. The maximum atomic E-state index is 9.98. The van der Waals surface area contributed by atoms with Gasteiger partial charge in [-0.2, -0.15) is 0 Å². The standard InChI is InChI=1S/C12H20N2O2/c1-14(2)8-7-10(13)12(16)9-5-3-4-6-11(9)15/h3-6,10,12,15-16H,7-8,13H2,1-2H3. The van der Waals surface area contributed by atoms with E-state index in [1.165, 1.54) is 0 Å². The van der Waals surface area contributed by atoms with E-state index < -0.39 is 6.10 Å². The highest BCUT2D eigenvalue weighted by atomic mass is 16.3. The molecule has 4 heteroatoms. The first-order chi connectivity index (χ1) is 7.52. The van der Waals surface area contributed by atoms with Crippen molar-refractivity contribution in [1.82, 2.24) is 4.90 Å². The number of phenolic OH excluding ortho intramolecular Hbond substituents is 1. The molecule has 90 valence electrons. The van der Waals surface area contributed by atoms with Crippen molar-refractivity contribution in [2.24, 2.45) is 5.73 Å². The van der Waals surface area contributed by atoms with Crippen LogP contribution in [-0.4, -0.2) is 41.8 Å². The van der Waals surface area contributed by atoms with E-state index >= 15 is 0 Å². The highest BCUT2D eigenvalue weighted by molar-refractivity contribution is 5.34. The fraction of sp³-hybridized carbons (Fsp3) is 0.500. The molecule has 0 aromatic heterocycles. The summed E-state index contributed by atoms with van der Waals surface area (Å²) < 4.78 is 0. The summed E-state index contributed by atoms with van der Waals surface area (Å²) in [5.41, 5.74) is 6.37. The van der Waals surface area contributed by atoms with Crippen LogP contribution in [0.15, 0.2) is 24.3 Å². The predicted octanol–water partition coefficient (Wildman–Crippen LogP) is 0.705. The van der Waals surface area contributed by atoms with Gasteiger partial charge >= 0.3 is 0 Å². The van der Waals surface area contributed by atoms with Gasteiger partial charge in [-0.1, -0.05) is 18.2 Å². The molecular formula is C12H20N2O2. The van der Waals surface area contributed by atoms with E-state index in [0.29, 0.717) is 12.0 Å². The molecule has 0 saturated carbocycles. The number of hydrogen-bond acceptors (Lipinski definition) is 4. The second kappa shape index (κ2) is 5.84. The minimum Gasteiger partial charge on any atom is -0.508 e. The summed E-state index contributed by atoms with van der Waals surface area (Å²) >= 11 is 0. The van der Waals surface area contributed by atoms with Crippen LogP contribution < -0.4 is 5.73 Å². The molecule has 0 saturated heterocycles. The van der Waals surface area contributed by atoms with Crippen LogP contribution >= 0.6 is 0 Å². The van der Waals surface area contributed by atoms with E-state index in [-0.39, 0.29) is 11.8 Å². The number of aromatic hydroxyl groups is 1. The molecule has 0 aliphatic heterocycles. The van der Waals surface area contributed by atoms with Crippen molar-refractivity contribution in [3.63, 3.8) is 0 Å². The van der Waals surface area contributed by atoms with Crippen LogP contribution in [0, 0.1) is 0 Å². The van der Waals surface area contributed by atoms with Crippen molar-refractivity contribution in [2.45, 2.75) is 18.6 Å². The lowest BCUT2D eigenvalue weighted by molar-refractivity contribution is 0.134. The van der Waals surface area contributed by atoms with Gasteiger partial charge in [-0.25, -0.2) is 0 Å². The number of rotatable bonds is 5. The minimum absolute atomic E-state index is 0.0929. The molecule has 0 aliphatic carbocycles. The molecule has 0 radical (unpaired) electrons. The maximum absolute atomic E-state index is 9.98. The van der Waals surface area contributed by atoms with Gasteiger partial charge in [-0.05, 0) is 33.1 Å². The Hall–Kier alpha value is -1.10. The Balaban J connectivity index is 2.63. The van der Waals surface area contributed by atoms with Gasteiger partial charge in [0, 0.05) is 11.6 Å². The SMILES string of the molecule is CN(C)CCC(N)C(O)c1ccccc1O. The molecule has 0 bridgehead atoms. The summed E-state index contributed by atoms with van der Waals surface area (Å²) in [4.78, 5) is 2.01. The molecule has 0 fully saturated rings. The largest absolute Gasteiger partial charge is 0.508 e. The van der Waals surface area contributed by atoms with Crippen LogP contribution in [0.5, 0.6) is 5.75 Å². The van der Waals surface area contributed by atoms with Gasteiger partial charge < -0.3 is 20.8 Å². The lowest BCUT2D eigenvalue weighted by atomic mass is 9.99. The number of benzene rings is 1.